The maximum atomic E-state index is 2.53. The number of fused-ring (bicyclic) bond motifs is 1. The van der Waals surface area contributed by atoms with E-state index in [1.54, 1.807) is 16.7 Å². The van der Waals surface area contributed by atoms with Crippen molar-refractivity contribution in [2.24, 2.45) is 0 Å². The number of aryl methyl sites for hydroxylation is 1. The van der Waals surface area contributed by atoms with E-state index in [2.05, 4.69) is 36.9 Å². The number of hydrogen-bond acceptors (Lipinski definition) is 1. The fourth-order valence-electron chi connectivity index (χ4n) is 2.52. The van der Waals surface area contributed by atoms with E-state index in [1.165, 1.54) is 32.4 Å². The molecule has 2 rings (SSSR count). The minimum atomic E-state index is 1.16. The van der Waals surface area contributed by atoms with E-state index in [9.17, 15) is 0 Å². The van der Waals surface area contributed by atoms with E-state index >= 15 is 0 Å². The zero-order valence-corrected chi connectivity index (χ0v) is 9.92. The molecule has 0 aromatic heterocycles. The summed E-state index contributed by atoms with van der Waals surface area (Å²) in [6.45, 7) is 8.09. The standard InChI is InChI=1S/C14H21N/c1-3-6-12-7-5-8-13-11-15(4-2)10-9-14(12)13/h5,7-8H,3-4,6,9-11H2,1-2H3. The lowest BCUT2D eigenvalue weighted by Crippen LogP contribution is -2.30. The molecule has 82 valence electrons. The average Bonchev–Trinajstić information content (AvgIpc) is 2.29. The summed E-state index contributed by atoms with van der Waals surface area (Å²) in [7, 11) is 0. The number of likely N-dealkylation sites (N-methyl/N-ethyl adjacent to an activating group) is 1. The molecule has 15 heavy (non-hydrogen) atoms. The molecule has 1 heterocycles. The van der Waals surface area contributed by atoms with Gasteiger partial charge < -0.3 is 0 Å². The van der Waals surface area contributed by atoms with Crippen molar-refractivity contribution < 1.29 is 0 Å². The fraction of sp³-hybridized carbons (Fsp3) is 0.571. The van der Waals surface area contributed by atoms with Crippen molar-refractivity contribution >= 4 is 0 Å². The highest BCUT2D eigenvalue weighted by atomic mass is 15.1. The smallest absolute Gasteiger partial charge is 0.0236 e. The van der Waals surface area contributed by atoms with Crippen molar-refractivity contribution in [3.8, 4) is 0 Å². The van der Waals surface area contributed by atoms with Crippen molar-refractivity contribution in [2.75, 3.05) is 13.1 Å². The summed E-state index contributed by atoms with van der Waals surface area (Å²) in [6.07, 6.45) is 3.75. The molecule has 0 amide bonds. The summed E-state index contributed by atoms with van der Waals surface area (Å²) in [4.78, 5) is 2.53. The lowest BCUT2D eigenvalue weighted by molar-refractivity contribution is 0.267. The Morgan fingerprint density at radius 1 is 1.27 bits per heavy atom. The summed E-state index contributed by atoms with van der Waals surface area (Å²) in [5, 5.41) is 0. The number of benzene rings is 1. The molecule has 1 aliphatic heterocycles. The Kier molecular flexibility index (Phi) is 3.42. The van der Waals surface area contributed by atoms with Gasteiger partial charge in [-0.3, -0.25) is 4.90 Å². The van der Waals surface area contributed by atoms with E-state index in [1.807, 2.05) is 0 Å². The predicted molar refractivity (Wildman–Crippen MR) is 65.1 cm³/mol. The second-order valence-electron chi connectivity index (χ2n) is 4.42. The minimum absolute atomic E-state index is 1.16. The van der Waals surface area contributed by atoms with Gasteiger partial charge in [0.15, 0.2) is 0 Å². The molecule has 0 saturated carbocycles. The van der Waals surface area contributed by atoms with Crippen LogP contribution in [0.1, 0.15) is 37.0 Å². The zero-order valence-electron chi connectivity index (χ0n) is 9.92. The highest BCUT2D eigenvalue weighted by Crippen LogP contribution is 2.23. The van der Waals surface area contributed by atoms with Crippen molar-refractivity contribution in [3.63, 3.8) is 0 Å². The largest absolute Gasteiger partial charge is 0.299 e. The molecular weight excluding hydrogens is 182 g/mol. The average molecular weight is 203 g/mol. The first-order valence-electron chi connectivity index (χ1n) is 6.17. The molecule has 1 aliphatic rings. The van der Waals surface area contributed by atoms with Gasteiger partial charge in [-0.15, -0.1) is 0 Å². The third-order valence-electron chi connectivity index (χ3n) is 3.41. The van der Waals surface area contributed by atoms with Crippen LogP contribution in [0.3, 0.4) is 0 Å². The molecule has 1 nitrogen and oxygen atoms in total. The molecule has 0 spiro atoms. The molecule has 0 radical (unpaired) electrons. The molecule has 0 fully saturated rings. The van der Waals surface area contributed by atoms with Crippen LogP contribution >= 0.6 is 0 Å². The topological polar surface area (TPSA) is 3.24 Å². The Balaban J connectivity index is 2.25. The third-order valence-corrected chi connectivity index (χ3v) is 3.41. The molecule has 0 saturated heterocycles. The molecule has 0 aliphatic carbocycles. The Hall–Kier alpha value is -0.820. The normalized spacial score (nSPS) is 16.4. The molecular formula is C14H21N. The molecule has 0 unspecified atom stereocenters. The number of nitrogens with zero attached hydrogens (tertiary/aromatic N) is 1. The van der Waals surface area contributed by atoms with Gasteiger partial charge in [0.1, 0.15) is 0 Å². The summed E-state index contributed by atoms with van der Waals surface area (Å²) in [5.41, 5.74) is 4.80. The maximum Gasteiger partial charge on any atom is 0.0236 e. The first kappa shape index (κ1) is 10.7. The van der Waals surface area contributed by atoms with Crippen LogP contribution in [-0.4, -0.2) is 18.0 Å². The Morgan fingerprint density at radius 3 is 2.87 bits per heavy atom. The van der Waals surface area contributed by atoms with Crippen LogP contribution in [0.25, 0.3) is 0 Å². The van der Waals surface area contributed by atoms with E-state index in [-0.39, 0.29) is 0 Å². The van der Waals surface area contributed by atoms with Gasteiger partial charge in [0.25, 0.3) is 0 Å². The molecule has 1 heteroatoms. The maximum absolute atomic E-state index is 2.53. The highest BCUT2D eigenvalue weighted by Gasteiger charge is 2.16. The lowest BCUT2D eigenvalue weighted by atomic mass is 9.92. The lowest BCUT2D eigenvalue weighted by Gasteiger charge is -2.29. The monoisotopic (exact) mass is 203 g/mol. The van der Waals surface area contributed by atoms with Crippen LogP contribution in [-0.2, 0) is 19.4 Å². The van der Waals surface area contributed by atoms with E-state index in [0.29, 0.717) is 0 Å². The van der Waals surface area contributed by atoms with Gasteiger partial charge in [0, 0.05) is 13.1 Å². The minimum Gasteiger partial charge on any atom is -0.299 e. The first-order valence-corrected chi connectivity index (χ1v) is 6.17. The van der Waals surface area contributed by atoms with Crippen LogP contribution in [0.4, 0.5) is 0 Å². The summed E-state index contributed by atoms with van der Waals surface area (Å²) >= 11 is 0. The van der Waals surface area contributed by atoms with Gasteiger partial charge in [-0.2, -0.15) is 0 Å². The summed E-state index contributed by atoms with van der Waals surface area (Å²) in [6, 6.07) is 6.84. The number of rotatable bonds is 3. The second-order valence-corrected chi connectivity index (χ2v) is 4.42. The first-order chi connectivity index (χ1) is 7.35. The van der Waals surface area contributed by atoms with Gasteiger partial charge in [-0.1, -0.05) is 38.5 Å². The number of hydrogen-bond donors (Lipinski definition) is 0. The molecule has 0 N–H and O–H groups in total. The summed E-state index contributed by atoms with van der Waals surface area (Å²) in [5.74, 6) is 0. The van der Waals surface area contributed by atoms with Crippen molar-refractivity contribution in [3.05, 3.63) is 34.9 Å². The van der Waals surface area contributed by atoms with Crippen LogP contribution in [0.5, 0.6) is 0 Å². The SMILES string of the molecule is CCCc1cccc2c1CCN(CC)C2. The van der Waals surface area contributed by atoms with Crippen LogP contribution in [0.2, 0.25) is 0 Å². The third kappa shape index (κ3) is 2.23. The zero-order chi connectivity index (χ0) is 10.7. The Bertz CT molecular complexity index is 330. The predicted octanol–water partition coefficient (Wildman–Crippen LogP) is 3.02. The Morgan fingerprint density at radius 2 is 2.13 bits per heavy atom. The van der Waals surface area contributed by atoms with Crippen molar-refractivity contribution in [1.82, 2.24) is 4.90 Å². The van der Waals surface area contributed by atoms with Crippen LogP contribution < -0.4 is 0 Å². The fourth-order valence-corrected chi connectivity index (χ4v) is 2.52. The second kappa shape index (κ2) is 4.80. The van der Waals surface area contributed by atoms with Crippen molar-refractivity contribution in [2.45, 2.75) is 39.7 Å². The van der Waals surface area contributed by atoms with E-state index in [0.717, 1.165) is 6.54 Å². The van der Waals surface area contributed by atoms with Gasteiger partial charge in [0.05, 0.1) is 0 Å². The van der Waals surface area contributed by atoms with Gasteiger partial charge >= 0.3 is 0 Å². The molecule has 1 aromatic rings. The van der Waals surface area contributed by atoms with E-state index < -0.39 is 0 Å². The molecule has 1 aromatic carbocycles. The summed E-state index contributed by atoms with van der Waals surface area (Å²) < 4.78 is 0. The van der Waals surface area contributed by atoms with Crippen LogP contribution in [0.15, 0.2) is 18.2 Å². The molecule has 0 atom stereocenters. The Labute approximate surface area is 93.1 Å². The van der Waals surface area contributed by atoms with Crippen molar-refractivity contribution in [1.29, 1.82) is 0 Å². The quantitative estimate of drug-likeness (QED) is 0.730. The van der Waals surface area contributed by atoms with Gasteiger partial charge in [-0.25, -0.2) is 0 Å². The van der Waals surface area contributed by atoms with E-state index in [4.69, 9.17) is 0 Å². The van der Waals surface area contributed by atoms with Crippen LogP contribution in [0, 0.1) is 0 Å². The van der Waals surface area contributed by atoms with Gasteiger partial charge in [-0.05, 0) is 36.1 Å². The highest BCUT2D eigenvalue weighted by molar-refractivity contribution is 5.37. The molecule has 0 bridgehead atoms. The van der Waals surface area contributed by atoms with Gasteiger partial charge in [0.2, 0.25) is 0 Å².